The van der Waals surface area contributed by atoms with E-state index in [4.69, 9.17) is 23.2 Å². The van der Waals surface area contributed by atoms with Crippen LogP contribution in [0.1, 0.15) is 16.8 Å². The third-order valence-electron chi connectivity index (χ3n) is 4.26. The van der Waals surface area contributed by atoms with E-state index in [1.165, 1.54) is 11.3 Å². The highest BCUT2D eigenvalue weighted by Crippen LogP contribution is 2.33. The number of hydrogen-bond donors (Lipinski definition) is 0. The van der Waals surface area contributed by atoms with E-state index >= 15 is 0 Å². The molecule has 0 saturated carbocycles. The van der Waals surface area contributed by atoms with Gasteiger partial charge in [-0.15, -0.1) is 12.4 Å². The van der Waals surface area contributed by atoms with E-state index < -0.39 is 0 Å². The van der Waals surface area contributed by atoms with E-state index in [-0.39, 0.29) is 18.3 Å². The van der Waals surface area contributed by atoms with Gasteiger partial charge >= 0.3 is 0 Å². The summed E-state index contributed by atoms with van der Waals surface area (Å²) < 4.78 is 2.93. The molecule has 2 aromatic carbocycles. The lowest BCUT2D eigenvalue weighted by molar-refractivity contribution is 0.0986. The number of thiazole rings is 1. The summed E-state index contributed by atoms with van der Waals surface area (Å²) in [6.07, 6.45) is 6.16. The van der Waals surface area contributed by atoms with Crippen LogP contribution < -0.4 is 4.90 Å². The number of aromatic nitrogens is 3. The molecule has 4 aromatic rings. The van der Waals surface area contributed by atoms with Gasteiger partial charge in [0, 0.05) is 36.1 Å². The minimum Gasteiger partial charge on any atom is -0.337 e. The van der Waals surface area contributed by atoms with E-state index in [1.807, 2.05) is 22.9 Å². The highest BCUT2D eigenvalue weighted by atomic mass is 35.5. The predicted octanol–water partition coefficient (Wildman–Crippen LogP) is 5.96. The number of para-hydroxylation sites is 1. The van der Waals surface area contributed by atoms with Gasteiger partial charge in [0.15, 0.2) is 5.13 Å². The van der Waals surface area contributed by atoms with Crippen molar-refractivity contribution in [1.82, 2.24) is 14.5 Å². The summed E-state index contributed by atoms with van der Waals surface area (Å²) in [5.41, 5.74) is 1.24. The maximum atomic E-state index is 13.2. The minimum absolute atomic E-state index is 0. The Morgan fingerprint density at radius 3 is 2.72 bits per heavy atom. The quantitative estimate of drug-likeness (QED) is 0.351. The molecule has 0 aliphatic rings. The van der Waals surface area contributed by atoms with Crippen molar-refractivity contribution in [2.45, 2.75) is 13.0 Å². The van der Waals surface area contributed by atoms with Gasteiger partial charge < -0.3 is 4.57 Å². The highest BCUT2D eigenvalue weighted by molar-refractivity contribution is 7.22. The van der Waals surface area contributed by atoms with Crippen LogP contribution in [0.2, 0.25) is 10.0 Å². The van der Waals surface area contributed by atoms with Crippen LogP contribution in [-0.2, 0) is 6.54 Å². The number of fused-ring (bicyclic) bond motifs is 1. The first-order valence-electron chi connectivity index (χ1n) is 8.70. The molecule has 5 nitrogen and oxygen atoms in total. The average molecular weight is 468 g/mol. The van der Waals surface area contributed by atoms with Crippen LogP contribution in [0.25, 0.3) is 10.2 Å². The number of anilines is 1. The van der Waals surface area contributed by atoms with Crippen LogP contribution in [0, 0.1) is 0 Å². The van der Waals surface area contributed by atoms with Crippen molar-refractivity contribution in [3.05, 3.63) is 76.8 Å². The zero-order chi connectivity index (χ0) is 19.5. The maximum absolute atomic E-state index is 13.2. The molecule has 0 spiro atoms. The largest absolute Gasteiger partial charge is 0.337 e. The van der Waals surface area contributed by atoms with Gasteiger partial charge in [-0.05, 0) is 36.8 Å². The molecule has 2 heterocycles. The van der Waals surface area contributed by atoms with E-state index in [9.17, 15) is 4.79 Å². The third kappa shape index (κ3) is 4.90. The lowest BCUT2D eigenvalue weighted by Gasteiger charge is -2.20. The zero-order valence-corrected chi connectivity index (χ0v) is 18.3. The van der Waals surface area contributed by atoms with Crippen LogP contribution >= 0.6 is 46.9 Å². The van der Waals surface area contributed by atoms with Gasteiger partial charge in [0.2, 0.25) is 0 Å². The number of nitrogens with zero attached hydrogens (tertiary/aromatic N) is 4. The van der Waals surface area contributed by atoms with Gasteiger partial charge in [-0.3, -0.25) is 9.69 Å². The summed E-state index contributed by atoms with van der Waals surface area (Å²) in [4.78, 5) is 23.6. The fourth-order valence-corrected chi connectivity index (χ4v) is 4.39. The monoisotopic (exact) mass is 466 g/mol. The summed E-state index contributed by atoms with van der Waals surface area (Å²) >= 11 is 13.8. The Labute approximate surface area is 188 Å². The van der Waals surface area contributed by atoms with E-state index in [1.54, 1.807) is 47.8 Å². The molecule has 9 heteroatoms. The predicted molar refractivity (Wildman–Crippen MR) is 122 cm³/mol. The Bertz CT molecular complexity index is 1110. The first kappa shape index (κ1) is 21.6. The molecular weight excluding hydrogens is 451 g/mol. The third-order valence-corrected chi connectivity index (χ3v) is 5.85. The van der Waals surface area contributed by atoms with Gasteiger partial charge in [0.1, 0.15) is 5.52 Å². The number of aryl methyl sites for hydroxylation is 1. The molecule has 0 N–H and O–H groups in total. The molecule has 0 aliphatic carbocycles. The van der Waals surface area contributed by atoms with Crippen LogP contribution in [-0.4, -0.2) is 27.0 Å². The van der Waals surface area contributed by atoms with Crippen LogP contribution in [0.3, 0.4) is 0 Å². The SMILES string of the molecule is Cl.O=C(c1cccc(Cl)c1)N(CCCn1ccnc1)c1nc2c(Cl)cccc2s1. The van der Waals surface area contributed by atoms with Crippen molar-refractivity contribution < 1.29 is 4.79 Å². The van der Waals surface area contributed by atoms with Crippen LogP contribution in [0.5, 0.6) is 0 Å². The fraction of sp³-hybridized carbons (Fsp3) is 0.150. The molecule has 0 bridgehead atoms. The van der Waals surface area contributed by atoms with Gasteiger partial charge in [0.05, 0.1) is 16.0 Å². The summed E-state index contributed by atoms with van der Waals surface area (Å²) in [7, 11) is 0. The van der Waals surface area contributed by atoms with Gasteiger partial charge in [0.25, 0.3) is 5.91 Å². The smallest absolute Gasteiger partial charge is 0.260 e. The van der Waals surface area contributed by atoms with Gasteiger partial charge in [-0.25, -0.2) is 9.97 Å². The van der Waals surface area contributed by atoms with Crippen molar-refractivity contribution in [2.24, 2.45) is 0 Å². The average Bonchev–Trinajstić information content (AvgIpc) is 3.35. The molecule has 29 heavy (non-hydrogen) atoms. The highest BCUT2D eigenvalue weighted by Gasteiger charge is 2.22. The summed E-state index contributed by atoms with van der Waals surface area (Å²) in [5.74, 6) is -0.136. The molecule has 0 radical (unpaired) electrons. The Balaban J connectivity index is 0.00000240. The second kappa shape index (κ2) is 9.59. The molecule has 1 amide bonds. The normalized spacial score (nSPS) is 10.7. The van der Waals surface area contributed by atoms with Crippen molar-refractivity contribution in [3.63, 3.8) is 0 Å². The summed E-state index contributed by atoms with van der Waals surface area (Å²) in [6.45, 7) is 1.27. The molecule has 4 rings (SSSR count). The maximum Gasteiger partial charge on any atom is 0.260 e. The van der Waals surface area contributed by atoms with Crippen LogP contribution in [0.15, 0.2) is 61.2 Å². The number of rotatable bonds is 6. The first-order chi connectivity index (χ1) is 13.6. The van der Waals surface area contributed by atoms with Crippen LogP contribution in [0.4, 0.5) is 5.13 Å². The number of amides is 1. The second-order valence-electron chi connectivity index (χ2n) is 6.20. The molecule has 0 unspecified atom stereocenters. The number of halogens is 3. The van der Waals surface area contributed by atoms with Crippen molar-refractivity contribution >= 4 is 68.2 Å². The molecule has 0 saturated heterocycles. The van der Waals surface area contributed by atoms with Crippen molar-refractivity contribution in [2.75, 3.05) is 11.4 Å². The Morgan fingerprint density at radius 2 is 2.00 bits per heavy atom. The summed E-state index contributed by atoms with van der Waals surface area (Å²) in [6, 6.07) is 12.6. The second-order valence-corrected chi connectivity index (χ2v) is 8.06. The van der Waals surface area contributed by atoms with Crippen molar-refractivity contribution in [1.29, 1.82) is 0 Å². The van der Waals surface area contributed by atoms with E-state index in [2.05, 4.69) is 9.97 Å². The molecule has 2 aromatic heterocycles. The van der Waals surface area contributed by atoms with Crippen molar-refractivity contribution in [3.8, 4) is 0 Å². The number of carbonyl (C=O) groups is 1. The Kier molecular flexibility index (Phi) is 7.14. The number of imidazole rings is 1. The number of hydrogen-bond acceptors (Lipinski definition) is 4. The van der Waals surface area contributed by atoms with E-state index in [0.717, 1.165) is 17.7 Å². The van der Waals surface area contributed by atoms with Gasteiger partial charge in [-0.2, -0.15) is 0 Å². The molecular formula is C20H17Cl3N4OS. The standard InChI is InChI=1S/C20H16Cl2N4OS.ClH/c21-15-5-1-4-14(12-15)19(27)26(10-3-9-25-11-8-23-13-25)20-24-18-16(22)6-2-7-17(18)28-20;/h1-2,4-8,11-13H,3,9-10H2;1H. The Morgan fingerprint density at radius 1 is 1.17 bits per heavy atom. The minimum atomic E-state index is -0.136. The zero-order valence-electron chi connectivity index (χ0n) is 15.2. The lowest BCUT2D eigenvalue weighted by Crippen LogP contribution is -2.32. The fourth-order valence-electron chi connectivity index (χ4n) is 2.91. The Hall–Kier alpha value is -2.12. The molecule has 0 fully saturated rings. The number of carbonyl (C=O) groups excluding carboxylic acids is 1. The molecule has 150 valence electrons. The lowest BCUT2D eigenvalue weighted by atomic mass is 10.2. The summed E-state index contributed by atoms with van der Waals surface area (Å²) in [5, 5.41) is 1.73. The van der Waals surface area contributed by atoms with Gasteiger partial charge in [-0.1, -0.05) is 46.7 Å². The topological polar surface area (TPSA) is 51.0 Å². The molecule has 0 atom stereocenters. The van der Waals surface area contributed by atoms with E-state index in [0.29, 0.717) is 32.8 Å². The molecule has 0 aliphatic heterocycles. The first-order valence-corrected chi connectivity index (χ1v) is 10.3. The number of benzene rings is 2.